The van der Waals surface area contributed by atoms with Crippen LogP contribution in [0.4, 0.5) is 5.69 Å². The highest BCUT2D eigenvalue weighted by Crippen LogP contribution is 2.27. The number of fused-ring (bicyclic) bond motifs is 1. The Bertz CT molecular complexity index is 764. The van der Waals surface area contributed by atoms with Crippen LogP contribution < -0.4 is 5.73 Å². The van der Waals surface area contributed by atoms with Crippen LogP contribution in [0.5, 0.6) is 0 Å². The Morgan fingerprint density at radius 3 is 2.85 bits per heavy atom. The molecule has 2 N–H and O–H groups in total. The van der Waals surface area contributed by atoms with E-state index in [1.54, 1.807) is 12.4 Å². The van der Waals surface area contributed by atoms with Crippen molar-refractivity contribution in [3.05, 3.63) is 41.7 Å². The molecule has 5 heteroatoms. The second-order valence-corrected chi connectivity index (χ2v) is 5.16. The molecule has 0 unspecified atom stereocenters. The Morgan fingerprint density at radius 2 is 2.10 bits per heavy atom. The van der Waals surface area contributed by atoms with Gasteiger partial charge in [-0.05, 0) is 30.7 Å². The average Bonchev–Trinajstić information content (AvgIpc) is 2.78. The summed E-state index contributed by atoms with van der Waals surface area (Å²) in [6.07, 6.45) is 4.43. The first-order valence-electron chi connectivity index (χ1n) is 6.55. The predicted molar refractivity (Wildman–Crippen MR) is 82.7 cm³/mol. The Balaban J connectivity index is 2.26. The summed E-state index contributed by atoms with van der Waals surface area (Å²) in [6, 6.07) is 7.63. The molecule has 0 saturated heterocycles. The van der Waals surface area contributed by atoms with Crippen molar-refractivity contribution < 1.29 is 0 Å². The second kappa shape index (κ2) is 5.13. The molecule has 0 fully saturated rings. The highest BCUT2D eigenvalue weighted by Gasteiger charge is 2.13. The largest absolute Gasteiger partial charge is 0.397 e. The highest BCUT2D eigenvalue weighted by molar-refractivity contribution is 6.31. The summed E-state index contributed by atoms with van der Waals surface area (Å²) in [5, 5.41) is 0.715. The summed E-state index contributed by atoms with van der Waals surface area (Å²) < 4.78 is 2.16. The van der Waals surface area contributed by atoms with E-state index in [0.717, 1.165) is 35.4 Å². The molecule has 20 heavy (non-hydrogen) atoms. The number of hydrogen-bond acceptors (Lipinski definition) is 3. The summed E-state index contributed by atoms with van der Waals surface area (Å²) in [4.78, 5) is 8.84. The number of nitrogen functional groups attached to an aromatic ring is 1. The molecule has 0 aliphatic carbocycles. The monoisotopic (exact) mass is 286 g/mol. The van der Waals surface area contributed by atoms with Crippen molar-refractivity contribution in [3.8, 4) is 11.4 Å². The van der Waals surface area contributed by atoms with Gasteiger partial charge in [-0.2, -0.15) is 0 Å². The van der Waals surface area contributed by atoms with Gasteiger partial charge >= 0.3 is 0 Å². The topological polar surface area (TPSA) is 56.7 Å². The summed E-state index contributed by atoms with van der Waals surface area (Å²) in [7, 11) is 0. The van der Waals surface area contributed by atoms with Gasteiger partial charge in [-0.1, -0.05) is 18.5 Å². The lowest BCUT2D eigenvalue weighted by Crippen LogP contribution is -2.00. The average molecular weight is 287 g/mol. The lowest BCUT2D eigenvalue weighted by atomic mass is 10.2. The van der Waals surface area contributed by atoms with Gasteiger partial charge in [0, 0.05) is 29.5 Å². The maximum Gasteiger partial charge on any atom is 0.142 e. The molecule has 0 aliphatic heterocycles. The van der Waals surface area contributed by atoms with E-state index < -0.39 is 0 Å². The van der Waals surface area contributed by atoms with Crippen molar-refractivity contribution in [1.82, 2.24) is 14.5 Å². The smallest absolute Gasteiger partial charge is 0.142 e. The van der Waals surface area contributed by atoms with E-state index in [1.807, 2.05) is 24.3 Å². The third-order valence-electron chi connectivity index (χ3n) is 3.18. The number of halogens is 1. The zero-order chi connectivity index (χ0) is 14.1. The van der Waals surface area contributed by atoms with E-state index in [-0.39, 0.29) is 0 Å². The fraction of sp³-hybridized carbons (Fsp3) is 0.200. The third kappa shape index (κ3) is 2.23. The number of aryl methyl sites for hydroxylation is 1. The quantitative estimate of drug-likeness (QED) is 0.798. The molecule has 3 aromatic rings. The number of benzene rings is 1. The molecule has 0 bridgehead atoms. The van der Waals surface area contributed by atoms with Gasteiger partial charge in [-0.3, -0.25) is 4.98 Å². The molecular weight excluding hydrogens is 272 g/mol. The zero-order valence-corrected chi connectivity index (χ0v) is 11.9. The maximum absolute atomic E-state index is 6.10. The van der Waals surface area contributed by atoms with Crippen molar-refractivity contribution in [2.45, 2.75) is 19.9 Å². The van der Waals surface area contributed by atoms with Crippen LogP contribution in [-0.4, -0.2) is 14.5 Å². The van der Waals surface area contributed by atoms with Crippen LogP contribution in [0.15, 0.2) is 36.7 Å². The normalized spacial score (nSPS) is 11.1. The highest BCUT2D eigenvalue weighted by atomic mass is 35.5. The standard InChI is InChI=1S/C15H15ClN4/c1-2-5-20-14-7-11(16)3-4-13(14)19-15(20)10-6-12(17)9-18-8-10/h3-4,6-9H,2,5,17H2,1H3. The first-order chi connectivity index (χ1) is 9.69. The Hall–Kier alpha value is -2.07. The SMILES string of the molecule is CCCn1c(-c2cncc(N)c2)nc2ccc(Cl)cc21. The van der Waals surface area contributed by atoms with Gasteiger partial charge in [0.25, 0.3) is 0 Å². The molecule has 1 aromatic carbocycles. The van der Waals surface area contributed by atoms with Gasteiger partial charge in [-0.25, -0.2) is 4.98 Å². The van der Waals surface area contributed by atoms with Gasteiger partial charge in [0.05, 0.1) is 16.7 Å². The third-order valence-corrected chi connectivity index (χ3v) is 3.41. The summed E-state index contributed by atoms with van der Waals surface area (Å²) >= 11 is 6.10. The molecule has 0 radical (unpaired) electrons. The first-order valence-corrected chi connectivity index (χ1v) is 6.93. The van der Waals surface area contributed by atoms with Gasteiger partial charge in [-0.15, -0.1) is 0 Å². The molecule has 0 atom stereocenters. The van der Waals surface area contributed by atoms with Crippen LogP contribution in [0.2, 0.25) is 5.02 Å². The van der Waals surface area contributed by atoms with Crippen LogP contribution in [0, 0.1) is 0 Å². The fourth-order valence-electron chi connectivity index (χ4n) is 2.35. The number of imidazole rings is 1. The Labute approximate surface area is 122 Å². The minimum Gasteiger partial charge on any atom is -0.397 e. The number of hydrogen-bond donors (Lipinski definition) is 1. The van der Waals surface area contributed by atoms with Gasteiger partial charge in [0.15, 0.2) is 0 Å². The summed E-state index contributed by atoms with van der Waals surface area (Å²) in [6.45, 7) is 3.01. The molecule has 0 spiro atoms. The summed E-state index contributed by atoms with van der Waals surface area (Å²) in [5.41, 5.74) is 9.34. The van der Waals surface area contributed by atoms with Crippen LogP contribution in [0.3, 0.4) is 0 Å². The molecule has 4 nitrogen and oxygen atoms in total. The van der Waals surface area contributed by atoms with Crippen molar-refractivity contribution in [2.75, 3.05) is 5.73 Å². The van der Waals surface area contributed by atoms with Crippen molar-refractivity contribution in [2.24, 2.45) is 0 Å². The van der Waals surface area contributed by atoms with E-state index in [0.29, 0.717) is 10.7 Å². The minimum atomic E-state index is 0.635. The van der Waals surface area contributed by atoms with Crippen molar-refractivity contribution in [3.63, 3.8) is 0 Å². The molecular formula is C15H15ClN4. The van der Waals surface area contributed by atoms with E-state index in [9.17, 15) is 0 Å². The van der Waals surface area contributed by atoms with E-state index in [4.69, 9.17) is 22.3 Å². The zero-order valence-electron chi connectivity index (χ0n) is 11.2. The van der Waals surface area contributed by atoms with E-state index in [2.05, 4.69) is 16.5 Å². The van der Waals surface area contributed by atoms with Crippen LogP contribution in [0.1, 0.15) is 13.3 Å². The number of nitrogens with zero attached hydrogens (tertiary/aromatic N) is 3. The van der Waals surface area contributed by atoms with Gasteiger partial charge in [0.1, 0.15) is 5.82 Å². The lowest BCUT2D eigenvalue weighted by molar-refractivity contribution is 0.704. The Morgan fingerprint density at radius 1 is 1.25 bits per heavy atom. The second-order valence-electron chi connectivity index (χ2n) is 4.73. The number of anilines is 1. The number of nitrogens with two attached hydrogens (primary N) is 1. The minimum absolute atomic E-state index is 0.635. The predicted octanol–water partition coefficient (Wildman–Crippen LogP) is 3.74. The first kappa shape index (κ1) is 12.9. The van der Waals surface area contributed by atoms with Gasteiger partial charge < -0.3 is 10.3 Å². The summed E-state index contributed by atoms with van der Waals surface area (Å²) in [5.74, 6) is 0.879. The number of pyridine rings is 1. The lowest BCUT2D eigenvalue weighted by Gasteiger charge is -2.08. The fourth-order valence-corrected chi connectivity index (χ4v) is 2.51. The van der Waals surface area contributed by atoms with Gasteiger partial charge in [0.2, 0.25) is 0 Å². The van der Waals surface area contributed by atoms with Crippen molar-refractivity contribution in [1.29, 1.82) is 0 Å². The van der Waals surface area contributed by atoms with Crippen LogP contribution in [0.25, 0.3) is 22.4 Å². The molecule has 102 valence electrons. The number of rotatable bonds is 3. The van der Waals surface area contributed by atoms with E-state index >= 15 is 0 Å². The van der Waals surface area contributed by atoms with Crippen LogP contribution in [-0.2, 0) is 6.54 Å². The molecule has 0 aliphatic rings. The Kier molecular flexibility index (Phi) is 3.32. The molecule has 3 rings (SSSR count). The van der Waals surface area contributed by atoms with Crippen molar-refractivity contribution >= 4 is 28.3 Å². The maximum atomic E-state index is 6.10. The van der Waals surface area contributed by atoms with Crippen LogP contribution >= 0.6 is 11.6 Å². The molecule has 0 amide bonds. The molecule has 0 saturated carbocycles. The number of aromatic nitrogens is 3. The van der Waals surface area contributed by atoms with E-state index in [1.165, 1.54) is 0 Å². The molecule has 2 aromatic heterocycles. The molecule has 2 heterocycles.